The molecule has 5 heteroatoms. The fraction of sp³-hybridized carbons (Fsp3) is 1.00. The zero-order valence-corrected chi connectivity index (χ0v) is 34.9. The Labute approximate surface area is 310 Å². The largest absolute Gasteiger partial charge is 0.399 e. The minimum absolute atomic E-state index is 0.249. The fourth-order valence-electron chi connectivity index (χ4n) is 6.90. The third-order valence-corrected chi connectivity index (χ3v) is 11.9. The number of unbranched alkanes of at least 4 members (excludes halogenated alkanes) is 30. The van der Waals surface area contributed by atoms with E-state index in [1.165, 1.54) is 205 Å². The molecule has 0 bridgehead atoms. The van der Waals surface area contributed by atoms with Gasteiger partial charge in [0.1, 0.15) is 0 Å². The molecule has 0 aromatic rings. The van der Waals surface area contributed by atoms with Gasteiger partial charge in [-0.2, -0.15) is 8.42 Å². The summed E-state index contributed by atoms with van der Waals surface area (Å²) in [6, 6.07) is 0. The molecule has 0 aromatic carbocycles. The molecule has 0 fully saturated rings. The maximum absolute atomic E-state index is 12.0. The van der Waals surface area contributed by atoms with E-state index in [9.17, 15) is 8.42 Å². The predicted molar refractivity (Wildman–Crippen MR) is 217 cm³/mol. The minimum Gasteiger partial charge on any atom is -0.248 e. The molecular weight excluding hydrogens is 625 g/mol. The maximum Gasteiger partial charge on any atom is 0.399 e. The topological polar surface area (TPSA) is 52.6 Å². The van der Waals surface area contributed by atoms with Crippen molar-refractivity contribution in [1.82, 2.24) is 0 Å². The van der Waals surface area contributed by atoms with Gasteiger partial charge in [-0.1, -0.05) is 246 Å². The quantitative estimate of drug-likeness (QED) is 0.0591. The minimum atomic E-state index is -3.83. The Morgan fingerprint density at radius 2 is 0.510 bits per heavy atom. The van der Waals surface area contributed by atoms with Crippen molar-refractivity contribution in [2.45, 2.75) is 259 Å². The second kappa shape index (κ2) is 39.1. The van der Waals surface area contributed by atoms with E-state index in [2.05, 4.69) is 27.7 Å². The number of hydrogen-bond acceptors (Lipinski definition) is 4. The molecule has 2 atom stereocenters. The van der Waals surface area contributed by atoms with E-state index in [4.69, 9.17) is 8.37 Å². The van der Waals surface area contributed by atoms with E-state index in [0.29, 0.717) is 0 Å². The van der Waals surface area contributed by atoms with Crippen molar-refractivity contribution in [1.29, 1.82) is 0 Å². The highest BCUT2D eigenvalue weighted by Gasteiger charge is 2.11. The molecule has 49 heavy (non-hydrogen) atoms. The van der Waals surface area contributed by atoms with Gasteiger partial charge in [-0.15, -0.1) is 0 Å². The summed E-state index contributed by atoms with van der Waals surface area (Å²) in [4.78, 5) is 0. The first-order chi connectivity index (χ1) is 23.9. The molecule has 0 radical (unpaired) electrons. The summed E-state index contributed by atoms with van der Waals surface area (Å²) in [6.07, 6.45) is 47.6. The van der Waals surface area contributed by atoms with Gasteiger partial charge in [-0.25, -0.2) is 8.37 Å². The summed E-state index contributed by atoms with van der Waals surface area (Å²) < 4.78 is 34.1. The molecule has 0 saturated heterocycles. The highest BCUT2D eigenvalue weighted by molar-refractivity contribution is 7.81. The average Bonchev–Trinajstić information content (AvgIpc) is 3.09. The molecular formula is C44H90O4S. The molecule has 0 aromatic heterocycles. The number of hydrogen-bond donors (Lipinski definition) is 0. The van der Waals surface area contributed by atoms with E-state index < -0.39 is 10.4 Å². The molecule has 2 unspecified atom stereocenters. The smallest absolute Gasteiger partial charge is 0.248 e. The van der Waals surface area contributed by atoms with Crippen LogP contribution in [0.2, 0.25) is 0 Å². The van der Waals surface area contributed by atoms with E-state index in [1.54, 1.807) is 0 Å². The van der Waals surface area contributed by atoms with Crippen molar-refractivity contribution in [3.05, 3.63) is 0 Å². The summed E-state index contributed by atoms with van der Waals surface area (Å²) >= 11 is 0. The van der Waals surface area contributed by atoms with Crippen LogP contribution in [0.25, 0.3) is 0 Å². The maximum atomic E-state index is 12.0. The number of rotatable bonds is 42. The van der Waals surface area contributed by atoms with Crippen LogP contribution in [0, 0.1) is 11.8 Å². The Balaban J connectivity index is 3.27. The molecule has 0 spiro atoms. The predicted octanol–water partition coefficient (Wildman–Crippen LogP) is 15.6. The van der Waals surface area contributed by atoms with Crippen molar-refractivity contribution in [3.8, 4) is 0 Å². The molecule has 0 heterocycles. The van der Waals surface area contributed by atoms with Crippen LogP contribution in [0.15, 0.2) is 0 Å². The van der Waals surface area contributed by atoms with Crippen LogP contribution < -0.4 is 0 Å². The normalized spacial score (nSPS) is 13.3. The van der Waals surface area contributed by atoms with Gasteiger partial charge in [0.15, 0.2) is 0 Å². The van der Waals surface area contributed by atoms with Crippen molar-refractivity contribution in [3.63, 3.8) is 0 Å². The van der Waals surface area contributed by atoms with Gasteiger partial charge in [-0.05, 0) is 24.7 Å². The molecule has 0 rings (SSSR count). The van der Waals surface area contributed by atoms with Crippen molar-refractivity contribution < 1.29 is 16.8 Å². The zero-order valence-electron chi connectivity index (χ0n) is 34.1. The molecule has 0 saturated carbocycles. The van der Waals surface area contributed by atoms with E-state index in [0.717, 1.165) is 37.5 Å². The van der Waals surface area contributed by atoms with Crippen LogP contribution in [0.5, 0.6) is 0 Å². The molecule has 0 aliphatic carbocycles. The van der Waals surface area contributed by atoms with Gasteiger partial charge in [0.25, 0.3) is 0 Å². The fourth-order valence-corrected chi connectivity index (χ4v) is 7.62. The average molecular weight is 715 g/mol. The zero-order chi connectivity index (χ0) is 35.9. The molecule has 0 aliphatic heterocycles. The Kier molecular flexibility index (Phi) is 39.0. The van der Waals surface area contributed by atoms with Gasteiger partial charge in [0, 0.05) is 0 Å². The van der Waals surface area contributed by atoms with Crippen LogP contribution in [-0.2, 0) is 18.8 Å². The highest BCUT2D eigenvalue weighted by atomic mass is 32.3. The summed E-state index contributed by atoms with van der Waals surface area (Å²) in [5, 5.41) is 0. The first-order valence-corrected chi connectivity index (χ1v) is 23.8. The second-order valence-electron chi connectivity index (χ2n) is 16.0. The standard InChI is InChI=1S/C44H90O4S/c1-5-43(3)39-35-31-27-23-19-15-11-7-9-13-17-21-25-29-33-37-41-47-49(45,46)48-42-38-34-30-26-22-18-14-10-8-12-16-20-24-28-32-36-40-44(4)6-2/h43-44H,5-42H2,1-4H3. The van der Waals surface area contributed by atoms with Crippen LogP contribution in [0.3, 0.4) is 0 Å². The van der Waals surface area contributed by atoms with Gasteiger partial charge in [-0.3, -0.25) is 0 Å². The molecule has 4 nitrogen and oxygen atoms in total. The Bertz CT molecular complexity index is 670. The van der Waals surface area contributed by atoms with Crippen LogP contribution in [0.4, 0.5) is 0 Å². The summed E-state index contributed by atoms with van der Waals surface area (Å²) in [5.41, 5.74) is 0. The van der Waals surface area contributed by atoms with E-state index >= 15 is 0 Å². The van der Waals surface area contributed by atoms with Crippen LogP contribution >= 0.6 is 0 Å². The Morgan fingerprint density at radius 3 is 0.714 bits per heavy atom. The van der Waals surface area contributed by atoms with Crippen molar-refractivity contribution >= 4 is 10.4 Å². The third kappa shape index (κ3) is 40.5. The molecule has 0 amide bonds. The third-order valence-electron chi connectivity index (χ3n) is 11.0. The second-order valence-corrected chi connectivity index (χ2v) is 17.3. The summed E-state index contributed by atoms with van der Waals surface area (Å²) in [5.74, 6) is 1.83. The monoisotopic (exact) mass is 715 g/mol. The van der Waals surface area contributed by atoms with Gasteiger partial charge in [0.05, 0.1) is 13.2 Å². The lowest BCUT2D eigenvalue weighted by molar-refractivity contribution is 0.208. The first kappa shape index (κ1) is 48.9. The van der Waals surface area contributed by atoms with Crippen molar-refractivity contribution in [2.75, 3.05) is 13.2 Å². The highest BCUT2D eigenvalue weighted by Crippen LogP contribution is 2.18. The van der Waals surface area contributed by atoms with E-state index in [1.807, 2.05) is 0 Å². The lowest BCUT2D eigenvalue weighted by Crippen LogP contribution is -2.12. The lowest BCUT2D eigenvalue weighted by Gasteiger charge is -2.07. The van der Waals surface area contributed by atoms with Crippen LogP contribution in [-0.4, -0.2) is 21.6 Å². The van der Waals surface area contributed by atoms with Gasteiger partial charge < -0.3 is 0 Å². The van der Waals surface area contributed by atoms with Gasteiger partial charge >= 0.3 is 10.4 Å². The Hall–Kier alpha value is -0.130. The van der Waals surface area contributed by atoms with Gasteiger partial charge in [0.2, 0.25) is 0 Å². The first-order valence-electron chi connectivity index (χ1n) is 22.4. The molecule has 0 aliphatic rings. The van der Waals surface area contributed by atoms with E-state index in [-0.39, 0.29) is 13.2 Å². The summed E-state index contributed by atoms with van der Waals surface area (Å²) in [6.45, 7) is 9.87. The summed E-state index contributed by atoms with van der Waals surface area (Å²) in [7, 11) is -3.83. The molecule has 296 valence electrons. The molecule has 0 N–H and O–H groups in total. The Morgan fingerprint density at radius 1 is 0.327 bits per heavy atom. The lowest BCUT2D eigenvalue weighted by atomic mass is 9.99. The van der Waals surface area contributed by atoms with Crippen molar-refractivity contribution in [2.24, 2.45) is 11.8 Å². The SMILES string of the molecule is CCC(C)CCCCCCCCCCCCCCCCCCOS(=O)(=O)OCCCCCCCCCCCCCCCCCCC(C)CC. The van der Waals surface area contributed by atoms with Crippen LogP contribution in [0.1, 0.15) is 259 Å².